The highest BCUT2D eigenvalue weighted by Gasteiger charge is 2.08. The maximum absolute atomic E-state index is 6.08. The summed E-state index contributed by atoms with van der Waals surface area (Å²) in [6, 6.07) is 7.95. The first-order chi connectivity index (χ1) is 8.25. The van der Waals surface area contributed by atoms with Crippen LogP contribution in [0.25, 0.3) is 0 Å². The van der Waals surface area contributed by atoms with Gasteiger partial charge >= 0.3 is 0 Å². The number of hydrogen-bond donors (Lipinski definition) is 1. The van der Waals surface area contributed by atoms with Crippen molar-refractivity contribution >= 4 is 34.7 Å². The molecule has 0 bridgehead atoms. The second-order valence-electron chi connectivity index (χ2n) is 3.63. The van der Waals surface area contributed by atoms with Gasteiger partial charge in [0.05, 0.1) is 10.0 Å². The van der Waals surface area contributed by atoms with Gasteiger partial charge in [-0.1, -0.05) is 23.7 Å². The fraction of sp³-hybridized carbons (Fsp3) is 0.250. The van der Waals surface area contributed by atoms with Gasteiger partial charge in [0.1, 0.15) is 0 Å². The standard InChI is InChI=1S/C12H13ClN2S2/c13-10-3-1-2-4-11(10)17-8-9(14)7-12-15-5-6-16-12/h1-6,9H,7-8,14H2. The lowest BCUT2D eigenvalue weighted by Gasteiger charge is -2.10. The van der Waals surface area contributed by atoms with Gasteiger partial charge in [-0.25, -0.2) is 4.98 Å². The second kappa shape index (κ2) is 6.40. The smallest absolute Gasteiger partial charge is 0.0940 e. The number of thiazole rings is 1. The summed E-state index contributed by atoms with van der Waals surface area (Å²) >= 11 is 9.43. The van der Waals surface area contributed by atoms with Crippen molar-refractivity contribution in [1.82, 2.24) is 4.98 Å². The SMILES string of the molecule is NC(CSc1ccccc1Cl)Cc1nccs1. The highest BCUT2D eigenvalue weighted by molar-refractivity contribution is 7.99. The molecule has 0 fully saturated rings. The molecule has 2 aromatic rings. The fourth-order valence-electron chi connectivity index (χ4n) is 1.40. The van der Waals surface area contributed by atoms with E-state index < -0.39 is 0 Å². The van der Waals surface area contributed by atoms with E-state index >= 15 is 0 Å². The molecule has 0 aliphatic rings. The van der Waals surface area contributed by atoms with Crippen LogP contribution in [-0.2, 0) is 6.42 Å². The Kier molecular flexibility index (Phi) is 4.86. The number of nitrogens with zero attached hydrogens (tertiary/aromatic N) is 1. The first kappa shape index (κ1) is 12.9. The number of aromatic nitrogens is 1. The third-order valence-corrected chi connectivity index (χ3v) is 4.72. The Balaban J connectivity index is 1.84. The molecule has 2 nitrogen and oxygen atoms in total. The molecule has 1 aromatic carbocycles. The highest BCUT2D eigenvalue weighted by atomic mass is 35.5. The van der Waals surface area contributed by atoms with Crippen molar-refractivity contribution in [2.45, 2.75) is 17.4 Å². The molecule has 0 amide bonds. The van der Waals surface area contributed by atoms with Gasteiger partial charge < -0.3 is 5.73 Å². The molecule has 5 heteroatoms. The Labute approximate surface area is 114 Å². The van der Waals surface area contributed by atoms with Gasteiger partial charge in [0.15, 0.2) is 0 Å². The average molecular weight is 285 g/mol. The summed E-state index contributed by atoms with van der Waals surface area (Å²) in [4.78, 5) is 5.32. The Morgan fingerprint density at radius 1 is 1.41 bits per heavy atom. The van der Waals surface area contributed by atoms with Crippen LogP contribution in [0.4, 0.5) is 0 Å². The van der Waals surface area contributed by atoms with Crippen molar-refractivity contribution < 1.29 is 0 Å². The van der Waals surface area contributed by atoms with Gasteiger partial charge in [-0.05, 0) is 12.1 Å². The van der Waals surface area contributed by atoms with Gasteiger partial charge in [0.25, 0.3) is 0 Å². The van der Waals surface area contributed by atoms with E-state index in [2.05, 4.69) is 4.98 Å². The summed E-state index contributed by atoms with van der Waals surface area (Å²) in [5.41, 5.74) is 6.07. The van der Waals surface area contributed by atoms with Crippen LogP contribution in [0.1, 0.15) is 5.01 Å². The molecule has 0 saturated heterocycles. The molecule has 0 aliphatic heterocycles. The molecule has 1 unspecified atom stereocenters. The van der Waals surface area contributed by atoms with Crippen molar-refractivity contribution in [2.24, 2.45) is 5.73 Å². The zero-order chi connectivity index (χ0) is 12.1. The zero-order valence-corrected chi connectivity index (χ0v) is 11.6. The average Bonchev–Trinajstić information content (AvgIpc) is 2.81. The molecule has 0 radical (unpaired) electrons. The Morgan fingerprint density at radius 3 is 2.94 bits per heavy atom. The van der Waals surface area contributed by atoms with Crippen LogP contribution in [0.15, 0.2) is 40.7 Å². The minimum absolute atomic E-state index is 0.113. The molecule has 90 valence electrons. The summed E-state index contributed by atoms with van der Waals surface area (Å²) in [5, 5.41) is 3.86. The van der Waals surface area contributed by atoms with Gasteiger partial charge in [-0.15, -0.1) is 23.1 Å². The molecular weight excluding hydrogens is 272 g/mol. The molecule has 1 heterocycles. The zero-order valence-electron chi connectivity index (χ0n) is 9.17. The van der Waals surface area contributed by atoms with Crippen LogP contribution in [0.2, 0.25) is 5.02 Å². The molecular formula is C12H13ClN2S2. The van der Waals surface area contributed by atoms with Crippen molar-refractivity contribution in [3.8, 4) is 0 Å². The largest absolute Gasteiger partial charge is 0.327 e. The van der Waals surface area contributed by atoms with E-state index in [0.717, 1.165) is 27.1 Å². The van der Waals surface area contributed by atoms with E-state index in [9.17, 15) is 0 Å². The van der Waals surface area contributed by atoms with Crippen molar-refractivity contribution in [1.29, 1.82) is 0 Å². The first-order valence-corrected chi connectivity index (χ1v) is 7.51. The number of benzene rings is 1. The fourth-order valence-corrected chi connectivity index (χ4v) is 3.30. The topological polar surface area (TPSA) is 38.9 Å². The monoisotopic (exact) mass is 284 g/mol. The maximum Gasteiger partial charge on any atom is 0.0940 e. The molecule has 2 rings (SSSR count). The number of hydrogen-bond acceptors (Lipinski definition) is 4. The van der Waals surface area contributed by atoms with E-state index in [1.165, 1.54) is 0 Å². The summed E-state index contributed by atoms with van der Waals surface area (Å²) in [6.45, 7) is 0. The van der Waals surface area contributed by atoms with Crippen LogP contribution in [0.5, 0.6) is 0 Å². The molecule has 0 aliphatic carbocycles. The Hall–Kier alpha value is -0.550. The lowest BCUT2D eigenvalue weighted by Crippen LogP contribution is -2.25. The van der Waals surface area contributed by atoms with Crippen molar-refractivity contribution in [3.05, 3.63) is 45.9 Å². The van der Waals surface area contributed by atoms with Crippen LogP contribution in [0, 0.1) is 0 Å². The van der Waals surface area contributed by atoms with E-state index in [-0.39, 0.29) is 6.04 Å². The first-order valence-electron chi connectivity index (χ1n) is 5.27. The highest BCUT2D eigenvalue weighted by Crippen LogP contribution is 2.27. The van der Waals surface area contributed by atoms with E-state index in [1.807, 2.05) is 35.8 Å². The molecule has 0 spiro atoms. The lowest BCUT2D eigenvalue weighted by molar-refractivity contribution is 0.744. The predicted molar refractivity (Wildman–Crippen MR) is 76.0 cm³/mol. The van der Waals surface area contributed by atoms with E-state index in [4.69, 9.17) is 17.3 Å². The summed E-state index contributed by atoms with van der Waals surface area (Å²) in [7, 11) is 0. The normalized spacial score (nSPS) is 12.6. The van der Waals surface area contributed by atoms with Gasteiger partial charge in [0, 0.05) is 34.7 Å². The molecule has 1 atom stereocenters. The van der Waals surface area contributed by atoms with E-state index in [0.29, 0.717) is 0 Å². The summed E-state index contributed by atoms with van der Waals surface area (Å²) in [6.07, 6.45) is 2.64. The molecule has 1 aromatic heterocycles. The maximum atomic E-state index is 6.08. The summed E-state index contributed by atoms with van der Waals surface area (Å²) in [5.74, 6) is 0.851. The third kappa shape index (κ3) is 4.00. The van der Waals surface area contributed by atoms with Gasteiger partial charge in [-0.3, -0.25) is 0 Å². The molecule has 2 N–H and O–H groups in total. The minimum atomic E-state index is 0.113. The quantitative estimate of drug-likeness (QED) is 0.855. The summed E-state index contributed by atoms with van der Waals surface area (Å²) < 4.78 is 0. The number of nitrogens with two attached hydrogens (primary N) is 1. The van der Waals surface area contributed by atoms with Crippen LogP contribution in [-0.4, -0.2) is 16.8 Å². The van der Waals surface area contributed by atoms with Gasteiger partial charge in [0.2, 0.25) is 0 Å². The second-order valence-corrected chi connectivity index (χ2v) is 6.08. The molecule has 17 heavy (non-hydrogen) atoms. The van der Waals surface area contributed by atoms with Crippen LogP contribution >= 0.6 is 34.7 Å². The van der Waals surface area contributed by atoms with Gasteiger partial charge in [-0.2, -0.15) is 0 Å². The minimum Gasteiger partial charge on any atom is -0.327 e. The number of halogens is 1. The van der Waals surface area contributed by atoms with E-state index in [1.54, 1.807) is 23.1 Å². The van der Waals surface area contributed by atoms with Crippen molar-refractivity contribution in [2.75, 3.05) is 5.75 Å². The number of thioether (sulfide) groups is 1. The Morgan fingerprint density at radius 2 is 2.24 bits per heavy atom. The Bertz CT molecular complexity index is 459. The van der Waals surface area contributed by atoms with Crippen molar-refractivity contribution in [3.63, 3.8) is 0 Å². The number of rotatable bonds is 5. The lowest BCUT2D eigenvalue weighted by atomic mass is 10.3. The predicted octanol–water partition coefficient (Wildman–Crippen LogP) is 3.46. The molecule has 0 saturated carbocycles. The van der Waals surface area contributed by atoms with Crippen LogP contribution in [0.3, 0.4) is 0 Å². The van der Waals surface area contributed by atoms with Crippen LogP contribution < -0.4 is 5.73 Å². The third-order valence-electron chi connectivity index (χ3n) is 2.21.